The molecule has 1 aliphatic heterocycles. The number of aromatic nitrogens is 3. The molecule has 29 heavy (non-hydrogen) atoms. The molecule has 1 fully saturated rings. The molecule has 3 heterocycles. The van der Waals surface area contributed by atoms with Crippen LogP contribution in [0.15, 0.2) is 28.8 Å². The Morgan fingerprint density at radius 3 is 2.83 bits per heavy atom. The van der Waals surface area contributed by atoms with Gasteiger partial charge in [0.2, 0.25) is 5.69 Å². The van der Waals surface area contributed by atoms with Crippen molar-refractivity contribution in [3.05, 3.63) is 41.3 Å². The quantitative estimate of drug-likeness (QED) is 0.623. The smallest absolute Gasteiger partial charge is 0.361 e. The third-order valence-electron chi connectivity index (χ3n) is 5.16. The Labute approximate surface area is 169 Å². The van der Waals surface area contributed by atoms with Crippen LogP contribution in [0, 0.1) is 13.8 Å². The summed E-state index contributed by atoms with van der Waals surface area (Å²) in [5.41, 5.74) is 2.90. The van der Waals surface area contributed by atoms with Gasteiger partial charge < -0.3 is 19.1 Å². The molecular formula is C21H25N5O3. The molecule has 0 amide bonds. The van der Waals surface area contributed by atoms with Crippen LogP contribution < -0.4 is 9.80 Å². The van der Waals surface area contributed by atoms with Crippen molar-refractivity contribution in [2.24, 2.45) is 0 Å². The Hall–Kier alpha value is -3.16. The Balaban J connectivity index is 1.67. The van der Waals surface area contributed by atoms with E-state index in [4.69, 9.17) is 9.26 Å². The lowest BCUT2D eigenvalue weighted by Crippen LogP contribution is -2.52. The van der Waals surface area contributed by atoms with E-state index in [9.17, 15) is 4.79 Å². The van der Waals surface area contributed by atoms with Crippen molar-refractivity contribution in [2.45, 2.75) is 33.7 Å². The van der Waals surface area contributed by atoms with Gasteiger partial charge in [0.25, 0.3) is 5.71 Å². The van der Waals surface area contributed by atoms with Crippen LogP contribution >= 0.6 is 0 Å². The average molecular weight is 395 g/mol. The first kappa shape index (κ1) is 19.2. The highest BCUT2D eigenvalue weighted by Gasteiger charge is 2.30. The minimum atomic E-state index is -0.522. The van der Waals surface area contributed by atoms with E-state index in [1.54, 1.807) is 6.92 Å². The molecule has 1 aromatic carbocycles. The van der Waals surface area contributed by atoms with Crippen LogP contribution in [0.5, 0.6) is 0 Å². The van der Waals surface area contributed by atoms with E-state index in [1.165, 1.54) is 11.3 Å². The molecule has 0 aliphatic carbocycles. The van der Waals surface area contributed by atoms with E-state index < -0.39 is 5.97 Å². The number of piperazine rings is 1. The third kappa shape index (κ3) is 3.62. The lowest BCUT2D eigenvalue weighted by Gasteiger charge is -2.42. The summed E-state index contributed by atoms with van der Waals surface area (Å²) in [4.78, 5) is 25.9. The first-order valence-electron chi connectivity index (χ1n) is 9.87. The number of esters is 1. The molecule has 0 saturated carbocycles. The van der Waals surface area contributed by atoms with Crippen LogP contribution in [0.25, 0.3) is 11.1 Å². The maximum Gasteiger partial charge on any atom is 0.361 e. The molecule has 152 valence electrons. The first-order valence-corrected chi connectivity index (χ1v) is 9.87. The molecule has 0 N–H and O–H groups in total. The molecule has 2 aromatic heterocycles. The zero-order chi connectivity index (χ0) is 20.5. The largest absolute Gasteiger partial charge is 0.461 e. The lowest BCUT2D eigenvalue weighted by atomic mass is 10.1. The molecule has 0 radical (unpaired) electrons. The summed E-state index contributed by atoms with van der Waals surface area (Å²) >= 11 is 0. The molecule has 4 rings (SSSR count). The predicted molar refractivity (Wildman–Crippen MR) is 110 cm³/mol. The summed E-state index contributed by atoms with van der Waals surface area (Å²) in [7, 11) is 0. The van der Waals surface area contributed by atoms with Crippen LogP contribution in [0.4, 0.5) is 11.5 Å². The van der Waals surface area contributed by atoms with Crippen molar-refractivity contribution in [3.63, 3.8) is 0 Å². The molecule has 0 bridgehead atoms. The van der Waals surface area contributed by atoms with Crippen LogP contribution in [-0.4, -0.2) is 53.4 Å². The number of anilines is 2. The van der Waals surface area contributed by atoms with Gasteiger partial charge in [0.05, 0.1) is 6.61 Å². The van der Waals surface area contributed by atoms with Gasteiger partial charge >= 0.3 is 5.97 Å². The molecular weight excluding hydrogens is 370 g/mol. The number of carbonyl (C=O) groups is 1. The van der Waals surface area contributed by atoms with Gasteiger partial charge in [-0.25, -0.2) is 9.78 Å². The van der Waals surface area contributed by atoms with Crippen molar-refractivity contribution in [1.29, 1.82) is 0 Å². The van der Waals surface area contributed by atoms with Gasteiger partial charge in [0, 0.05) is 31.4 Å². The van der Waals surface area contributed by atoms with Crippen LogP contribution in [-0.2, 0) is 4.74 Å². The summed E-state index contributed by atoms with van der Waals surface area (Å²) in [6.45, 7) is 10.5. The number of fused-ring (bicyclic) bond motifs is 1. The van der Waals surface area contributed by atoms with Gasteiger partial charge in [0.15, 0.2) is 0 Å². The zero-order valence-electron chi connectivity index (χ0n) is 17.2. The second-order valence-corrected chi connectivity index (χ2v) is 7.35. The van der Waals surface area contributed by atoms with E-state index in [-0.39, 0.29) is 18.3 Å². The van der Waals surface area contributed by atoms with Gasteiger partial charge in [-0.3, -0.25) is 0 Å². The van der Waals surface area contributed by atoms with Crippen LogP contribution in [0.3, 0.4) is 0 Å². The number of aryl methyl sites for hydroxylation is 2. The fraction of sp³-hybridized carbons (Fsp3) is 0.429. The summed E-state index contributed by atoms with van der Waals surface area (Å²) in [6, 6.07) is 8.81. The fourth-order valence-corrected chi connectivity index (χ4v) is 3.85. The standard InChI is InChI=1S/C21H25N5O3/c1-5-28-21(27)18-17-19(22-15(4)23-20(17)29-24-18)25-9-10-26(14(3)12-25)16-8-6-7-13(2)11-16/h6-8,11,14H,5,9-10,12H2,1-4H3/t14-/m0/s1. The van der Waals surface area contributed by atoms with Gasteiger partial charge in [-0.05, 0) is 45.4 Å². The molecule has 0 unspecified atom stereocenters. The Kier molecular flexibility index (Phi) is 5.08. The summed E-state index contributed by atoms with van der Waals surface area (Å²) in [5, 5.41) is 4.43. The maximum atomic E-state index is 12.3. The number of hydrogen-bond donors (Lipinski definition) is 0. The van der Waals surface area contributed by atoms with Gasteiger partial charge in [-0.2, -0.15) is 4.98 Å². The van der Waals surface area contributed by atoms with E-state index in [0.717, 1.165) is 19.6 Å². The number of nitrogens with zero attached hydrogens (tertiary/aromatic N) is 5. The van der Waals surface area contributed by atoms with E-state index in [0.29, 0.717) is 22.7 Å². The van der Waals surface area contributed by atoms with Crippen LogP contribution in [0.1, 0.15) is 35.7 Å². The Bertz CT molecular complexity index is 1050. The lowest BCUT2D eigenvalue weighted by molar-refractivity contribution is 0.0517. The number of ether oxygens (including phenoxy) is 1. The molecule has 3 aromatic rings. The van der Waals surface area contributed by atoms with Gasteiger partial charge in [-0.1, -0.05) is 17.3 Å². The number of benzene rings is 1. The van der Waals surface area contributed by atoms with E-state index in [2.05, 4.69) is 63.0 Å². The first-order chi connectivity index (χ1) is 14.0. The molecule has 8 heteroatoms. The van der Waals surface area contributed by atoms with Gasteiger partial charge in [0.1, 0.15) is 17.0 Å². The highest BCUT2D eigenvalue weighted by Crippen LogP contribution is 2.30. The molecule has 8 nitrogen and oxygen atoms in total. The molecule has 1 aliphatic rings. The van der Waals surface area contributed by atoms with Crippen molar-refractivity contribution in [3.8, 4) is 0 Å². The van der Waals surface area contributed by atoms with Gasteiger partial charge in [-0.15, -0.1) is 0 Å². The topological polar surface area (TPSA) is 84.6 Å². The summed E-state index contributed by atoms with van der Waals surface area (Å²) < 4.78 is 10.5. The predicted octanol–water partition coefficient (Wildman–Crippen LogP) is 3.13. The van der Waals surface area contributed by atoms with Crippen molar-refractivity contribution in [2.75, 3.05) is 36.0 Å². The summed E-state index contributed by atoms with van der Waals surface area (Å²) in [6.07, 6.45) is 0. The SMILES string of the molecule is CCOC(=O)c1noc2nc(C)nc(N3CCN(c4cccc(C)c4)[C@@H](C)C3)c12. The zero-order valence-corrected chi connectivity index (χ0v) is 17.2. The molecule has 1 atom stereocenters. The third-order valence-corrected chi connectivity index (χ3v) is 5.16. The molecule has 1 saturated heterocycles. The highest BCUT2D eigenvalue weighted by atomic mass is 16.5. The monoisotopic (exact) mass is 395 g/mol. The highest BCUT2D eigenvalue weighted by molar-refractivity contribution is 6.05. The Morgan fingerprint density at radius 1 is 1.28 bits per heavy atom. The second-order valence-electron chi connectivity index (χ2n) is 7.35. The summed E-state index contributed by atoms with van der Waals surface area (Å²) in [5.74, 6) is 0.728. The number of hydrogen-bond acceptors (Lipinski definition) is 8. The van der Waals surface area contributed by atoms with Crippen molar-refractivity contribution < 1.29 is 14.1 Å². The molecule has 0 spiro atoms. The fourth-order valence-electron chi connectivity index (χ4n) is 3.85. The minimum Gasteiger partial charge on any atom is -0.461 e. The van der Waals surface area contributed by atoms with E-state index >= 15 is 0 Å². The minimum absolute atomic E-state index is 0.130. The Morgan fingerprint density at radius 2 is 2.10 bits per heavy atom. The van der Waals surface area contributed by atoms with Crippen LogP contribution in [0.2, 0.25) is 0 Å². The van der Waals surface area contributed by atoms with E-state index in [1.807, 2.05) is 6.92 Å². The van der Waals surface area contributed by atoms with Crippen molar-refractivity contribution in [1.82, 2.24) is 15.1 Å². The maximum absolute atomic E-state index is 12.3. The second kappa shape index (κ2) is 7.69. The van der Waals surface area contributed by atoms with Crippen molar-refractivity contribution >= 4 is 28.6 Å². The number of rotatable bonds is 4. The average Bonchev–Trinajstić information content (AvgIpc) is 3.11. The number of carbonyl (C=O) groups excluding carboxylic acids is 1. The normalized spacial score (nSPS) is 17.0.